The fourth-order valence-corrected chi connectivity index (χ4v) is 3.30. The third kappa shape index (κ3) is 4.11. The minimum absolute atomic E-state index is 0.0899. The van der Waals surface area contributed by atoms with Crippen molar-refractivity contribution >= 4 is 17.7 Å². The molecule has 25 heavy (non-hydrogen) atoms. The summed E-state index contributed by atoms with van der Waals surface area (Å²) in [7, 11) is 0. The number of carboxylic acid groups (broad SMARTS) is 1. The van der Waals surface area contributed by atoms with Gasteiger partial charge in [-0.15, -0.1) is 11.8 Å². The molecule has 1 heterocycles. The van der Waals surface area contributed by atoms with Gasteiger partial charge in [0.2, 0.25) is 5.56 Å². The molecule has 0 atom stereocenters. The van der Waals surface area contributed by atoms with Gasteiger partial charge in [0, 0.05) is 11.8 Å². The molecule has 0 spiro atoms. The number of aliphatic carboxylic acids is 1. The van der Waals surface area contributed by atoms with Gasteiger partial charge >= 0.3 is 12.1 Å². The predicted molar refractivity (Wildman–Crippen MR) is 80.6 cm³/mol. The van der Waals surface area contributed by atoms with E-state index in [1.807, 2.05) is 0 Å². The summed E-state index contributed by atoms with van der Waals surface area (Å²) in [6.07, 6.45) is -3.20. The van der Waals surface area contributed by atoms with Gasteiger partial charge in [0.1, 0.15) is 11.9 Å². The van der Waals surface area contributed by atoms with Crippen molar-refractivity contribution in [2.45, 2.75) is 24.0 Å². The van der Waals surface area contributed by atoms with E-state index in [0.717, 1.165) is 0 Å². The number of hydrogen-bond donors (Lipinski definition) is 2. The first-order valence-electron chi connectivity index (χ1n) is 6.84. The maximum atomic E-state index is 14.1. The summed E-state index contributed by atoms with van der Waals surface area (Å²) >= 11 is 0.644. The number of nitrogens with one attached hydrogen (secondary N) is 1. The quantitative estimate of drug-likeness (QED) is 0.622. The van der Waals surface area contributed by atoms with Crippen LogP contribution in [-0.4, -0.2) is 21.8 Å². The largest absolute Gasteiger partial charge is 0.478 e. The van der Waals surface area contributed by atoms with Crippen molar-refractivity contribution in [1.29, 1.82) is 5.26 Å². The predicted octanol–water partition coefficient (Wildman–Crippen LogP) is 3.39. The standard InChI is InChI=1S/C15H10F4N2O3S/c16-12-7(2-1-3-8(12)14(23)24)6-25-13-9(5-20)10(15(17,18)19)4-11(22)21-13/h3-4H,1-2,6H2,(H,21,22)(H,23,24). The second-order valence-corrected chi connectivity index (χ2v) is 6.01. The fraction of sp³-hybridized carbons (Fsp3) is 0.267. The maximum Gasteiger partial charge on any atom is 0.417 e. The van der Waals surface area contributed by atoms with Gasteiger partial charge in [0.15, 0.2) is 0 Å². The Labute approximate surface area is 142 Å². The van der Waals surface area contributed by atoms with Gasteiger partial charge in [-0.3, -0.25) is 4.79 Å². The second kappa shape index (κ2) is 7.14. The number of aromatic nitrogens is 1. The molecule has 0 saturated heterocycles. The van der Waals surface area contributed by atoms with Crippen LogP contribution in [0.3, 0.4) is 0 Å². The lowest BCUT2D eigenvalue weighted by Crippen LogP contribution is -2.17. The summed E-state index contributed by atoms with van der Waals surface area (Å²) in [4.78, 5) is 24.5. The van der Waals surface area contributed by atoms with Gasteiger partial charge in [0.05, 0.1) is 21.7 Å². The lowest BCUT2D eigenvalue weighted by atomic mass is 9.99. The van der Waals surface area contributed by atoms with Crippen LogP contribution in [0, 0.1) is 11.3 Å². The number of halogens is 4. The first-order chi connectivity index (χ1) is 11.6. The molecule has 2 N–H and O–H groups in total. The minimum Gasteiger partial charge on any atom is -0.478 e. The molecule has 1 aromatic rings. The van der Waals surface area contributed by atoms with Crippen LogP contribution in [0.25, 0.3) is 0 Å². The third-order valence-corrected chi connectivity index (χ3v) is 4.48. The van der Waals surface area contributed by atoms with Crippen molar-refractivity contribution < 1.29 is 27.5 Å². The Morgan fingerprint density at radius 2 is 2.12 bits per heavy atom. The molecule has 1 aliphatic carbocycles. The number of nitriles is 1. The number of hydrogen-bond acceptors (Lipinski definition) is 4. The molecule has 10 heteroatoms. The number of carboxylic acids is 1. The molecule has 0 aromatic carbocycles. The van der Waals surface area contributed by atoms with E-state index >= 15 is 0 Å². The molecule has 1 aromatic heterocycles. The summed E-state index contributed by atoms with van der Waals surface area (Å²) in [6.45, 7) is 0. The first-order valence-corrected chi connectivity index (χ1v) is 7.82. The SMILES string of the molecule is N#Cc1c(C(F)(F)F)cc(=O)[nH]c1SCC1=C(F)C(C(=O)O)=CCC1. The molecule has 1 aliphatic rings. The van der Waals surface area contributed by atoms with Crippen LogP contribution in [0.2, 0.25) is 0 Å². The molecule has 0 amide bonds. The monoisotopic (exact) mass is 374 g/mol. The summed E-state index contributed by atoms with van der Waals surface area (Å²) < 4.78 is 52.9. The van der Waals surface area contributed by atoms with E-state index in [1.54, 1.807) is 0 Å². The van der Waals surface area contributed by atoms with Crippen LogP contribution in [0.15, 0.2) is 38.9 Å². The van der Waals surface area contributed by atoms with Crippen LogP contribution in [0.1, 0.15) is 24.0 Å². The van der Waals surface area contributed by atoms with Crippen LogP contribution >= 0.6 is 11.8 Å². The van der Waals surface area contributed by atoms with Crippen molar-refractivity contribution in [2.24, 2.45) is 0 Å². The number of pyridine rings is 1. The summed E-state index contributed by atoms with van der Waals surface area (Å²) in [5.74, 6) is -2.58. The zero-order valence-electron chi connectivity index (χ0n) is 12.4. The van der Waals surface area contributed by atoms with E-state index in [-0.39, 0.29) is 35.3 Å². The Kier molecular flexibility index (Phi) is 5.37. The highest BCUT2D eigenvalue weighted by atomic mass is 32.2. The second-order valence-electron chi connectivity index (χ2n) is 5.03. The van der Waals surface area contributed by atoms with Crippen LogP contribution in [0.4, 0.5) is 17.6 Å². The Hall–Kier alpha value is -2.54. The van der Waals surface area contributed by atoms with Crippen LogP contribution in [-0.2, 0) is 11.0 Å². The molecule has 0 fully saturated rings. The summed E-state index contributed by atoms with van der Waals surface area (Å²) in [5.41, 5.74) is -3.58. The summed E-state index contributed by atoms with van der Waals surface area (Å²) in [5, 5.41) is 17.6. The number of carbonyl (C=O) groups is 1. The molecule has 2 rings (SSSR count). The average Bonchev–Trinajstić information content (AvgIpc) is 2.52. The normalized spacial score (nSPS) is 14.9. The van der Waals surface area contributed by atoms with Crippen molar-refractivity contribution in [2.75, 3.05) is 5.75 Å². The van der Waals surface area contributed by atoms with E-state index in [4.69, 9.17) is 10.4 Å². The van der Waals surface area contributed by atoms with E-state index in [0.29, 0.717) is 11.8 Å². The van der Waals surface area contributed by atoms with Gasteiger partial charge in [-0.05, 0) is 18.4 Å². The van der Waals surface area contributed by atoms with Crippen molar-refractivity contribution in [3.8, 4) is 6.07 Å². The zero-order chi connectivity index (χ0) is 18.8. The maximum absolute atomic E-state index is 14.1. The van der Waals surface area contributed by atoms with Gasteiger partial charge < -0.3 is 10.1 Å². The number of thioether (sulfide) groups is 1. The Bertz CT molecular complexity index is 878. The number of nitrogens with zero attached hydrogens (tertiary/aromatic N) is 1. The molecule has 0 unspecified atom stereocenters. The molecular weight excluding hydrogens is 364 g/mol. The number of rotatable bonds is 4. The van der Waals surface area contributed by atoms with E-state index < -0.39 is 40.2 Å². The number of allylic oxidation sites excluding steroid dienone is 1. The van der Waals surface area contributed by atoms with Crippen molar-refractivity contribution in [3.63, 3.8) is 0 Å². The molecule has 0 bridgehead atoms. The van der Waals surface area contributed by atoms with Crippen LogP contribution < -0.4 is 5.56 Å². The van der Waals surface area contributed by atoms with Crippen molar-refractivity contribution in [3.05, 3.63) is 50.6 Å². The smallest absolute Gasteiger partial charge is 0.417 e. The molecule has 0 saturated carbocycles. The molecule has 0 radical (unpaired) electrons. The van der Waals surface area contributed by atoms with Crippen molar-refractivity contribution in [1.82, 2.24) is 4.98 Å². The molecule has 132 valence electrons. The Morgan fingerprint density at radius 1 is 1.44 bits per heavy atom. The highest BCUT2D eigenvalue weighted by Crippen LogP contribution is 2.36. The van der Waals surface area contributed by atoms with Gasteiger partial charge in [-0.25, -0.2) is 9.18 Å². The minimum atomic E-state index is -4.89. The average molecular weight is 374 g/mol. The lowest BCUT2D eigenvalue weighted by molar-refractivity contribution is -0.138. The van der Waals surface area contributed by atoms with E-state index in [2.05, 4.69) is 4.98 Å². The number of H-pyrrole nitrogens is 1. The highest BCUT2D eigenvalue weighted by molar-refractivity contribution is 7.99. The topological polar surface area (TPSA) is 94.0 Å². The van der Waals surface area contributed by atoms with Gasteiger partial charge in [0.25, 0.3) is 0 Å². The fourth-order valence-electron chi connectivity index (χ4n) is 2.24. The zero-order valence-corrected chi connectivity index (χ0v) is 13.2. The molecular formula is C15H10F4N2O3S. The third-order valence-electron chi connectivity index (χ3n) is 3.39. The molecule has 0 aliphatic heterocycles. The number of alkyl halides is 3. The Morgan fingerprint density at radius 3 is 2.68 bits per heavy atom. The van der Waals surface area contributed by atoms with Crippen LogP contribution in [0.5, 0.6) is 0 Å². The number of aromatic amines is 1. The van der Waals surface area contributed by atoms with Gasteiger partial charge in [-0.2, -0.15) is 18.4 Å². The molecule has 5 nitrogen and oxygen atoms in total. The Balaban J connectivity index is 2.36. The first kappa shape index (κ1) is 18.8. The lowest BCUT2D eigenvalue weighted by Gasteiger charge is -2.15. The van der Waals surface area contributed by atoms with E-state index in [1.165, 1.54) is 12.1 Å². The summed E-state index contributed by atoms with van der Waals surface area (Å²) in [6, 6.07) is 1.68. The highest BCUT2D eigenvalue weighted by Gasteiger charge is 2.35. The van der Waals surface area contributed by atoms with E-state index in [9.17, 15) is 27.2 Å². The van der Waals surface area contributed by atoms with Gasteiger partial charge in [-0.1, -0.05) is 6.08 Å².